The van der Waals surface area contributed by atoms with Gasteiger partial charge in [-0.25, -0.2) is 4.79 Å². The largest absolute Gasteiger partial charge is 0.479 e. The molecule has 0 saturated carbocycles. The van der Waals surface area contributed by atoms with Crippen molar-refractivity contribution in [2.45, 2.75) is 314 Å². The molecule has 3 N–H and O–H groups in total. The van der Waals surface area contributed by atoms with E-state index in [2.05, 4.69) is 69.4 Å². The van der Waals surface area contributed by atoms with Gasteiger partial charge in [0.2, 0.25) is 0 Å². The van der Waals surface area contributed by atoms with E-state index in [9.17, 15) is 34.5 Å². The summed E-state index contributed by atoms with van der Waals surface area (Å²) in [6.45, 7) is 5.90. The maximum absolute atomic E-state index is 13.1. The summed E-state index contributed by atoms with van der Waals surface area (Å²) in [5.74, 6) is -3.14. The van der Waals surface area contributed by atoms with Crippen LogP contribution in [0.3, 0.4) is 0 Å². The summed E-state index contributed by atoms with van der Waals surface area (Å²) < 4.78 is 28.4. The molecule has 0 amide bonds. The molecular formula is C63H110O12. The first-order valence-corrected chi connectivity index (χ1v) is 30.6. The number of rotatable bonds is 52. The predicted molar refractivity (Wildman–Crippen MR) is 303 cm³/mol. The fourth-order valence-corrected chi connectivity index (χ4v) is 9.14. The van der Waals surface area contributed by atoms with Gasteiger partial charge in [0.15, 0.2) is 24.6 Å². The normalized spacial score (nSPS) is 18.4. The summed E-state index contributed by atoms with van der Waals surface area (Å²) in [6.07, 6.45) is 49.3. The number of carbonyl (C=O) groups excluding carboxylic acids is 3. The van der Waals surface area contributed by atoms with E-state index in [-0.39, 0.29) is 25.9 Å². The van der Waals surface area contributed by atoms with Crippen LogP contribution in [0, 0.1) is 0 Å². The maximum Gasteiger partial charge on any atom is 0.335 e. The molecule has 75 heavy (non-hydrogen) atoms. The molecule has 1 aliphatic heterocycles. The summed E-state index contributed by atoms with van der Waals surface area (Å²) >= 11 is 0. The van der Waals surface area contributed by atoms with Gasteiger partial charge in [0.1, 0.15) is 18.8 Å². The zero-order valence-electron chi connectivity index (χ0n) is 47.8. The number of hydrogen-bond donors (Lipinski definition) is 3. The topological polar surface area (TPSA) is 175 Å². The van der Waals surface area contributed by atoms with Crippen LogP contribution in [-0.4, -0.2) is 89.2 Å². The lowest BCUT2D eigenvalue weighted by Gasteiger charge is -2.40. The van der Waals surface area contributed by atoms with Crippen LogP contribution in [0.2, 0.25) is 0 Å². The minimum Gasteiger partial charge on any atom is -0.479 e. The zero-order valence-corrected chi connectivity index (χ0v) is 47.8. The predicted octanol–water partition coefficient (Wildman–Crippen LogP) is 15.8. The van der Waals surface area contributed by atoms with Crippen molar-refractivity contribution in [2.24, 2.45) is 0 Å². The second-order valence-corrected chi connectivity index (χ2v) is 21.0. The van der Waals surface area contributed by atoms with Crippen molar-refractivity contribution in [3.8, 4) is 0 Å². The zero-order chi connectivity index (χ0) is 54.7. The number of hydrogen-bond acceptors (Lipinski definition) is 11. The monoisotopic (exact) mass is 1060 g/mol. The number of allylic oxidation sites excluding steroid dienone is 8. The van der Waals surface area contributed by atoms with Crippen molar-refractivity contribution < 1.29 is 58.2 Å². The second-order valence-electron chi connectivity index (χ2n) is 21.0. The van der Waals surface area contributed by atoms with Crippen molar-refractivity contribution in [2.75, 3.05) is 13.2 Å². The van der Waals surface area contributed by atoms with Crippen LogP contribution in [0.5, 0.6) is 0 Å². The number of carboxylic acid groups (broad SMARTS) is 1. The van der Waals surface area contributed by atoms with Crippen LogP contribution in [0.4, 0.5) is 0 Å². The number of carbonyl (C=O) groups is 4. The van der Waals surface area contributed by atoms with E-state index in [1.54, 1.807) is 0 Å². The van der Waals surface area contributed by atoms with Crippen molar-refractivity contribution in [3.05, 3.63) is 48.6 Å². The van der Waals surface area contributed by atoms with E-state index in [1.807, 2.05) is 0 Å². The average Bonchev–Trinajstić information content (AvgIpc) is 3.39. The van der Waals surface area contributed by atoms with Gasteiger partial charge in [-0.1, -0.05) is 230 Å². The van der Waals surface area contributed by atoms with Gasteiger partial charge < -0.3 is 39.0 Å². The van der Waals surface area contributed by atoms with Gasteiger partial charge in [0.25, 0.3) is 0 Å². The van der Waals surface area contributed by atoms with Gasteiger partial charge in [-0.15, -0.1) is 0 Å². The minimum atomic E-state index is -1.90. The Labute approximate surface area is 456 Å². The second kappa shape index (κ2) is 51.4. The Balaban J connectivity index is 2.67. The van der Waals surface area contributed by atoms with Crippen molar-refractivity contribution >= 4 is 23.9 Å². The Morgan fingerprint density at radius 3 is 1.28 bits per heavy atom. The number of unbranched alkanes of at least 4 members (excludes halogenated alkanes) is 30. The highest BCUT2D eigenvalue weighted by Gasteiger charge is 2.50. The van der Waals surface area contributed by atoms with Crippen LogP contribution < -0.4 is 0 Å². The van der Waals surface area contributed by atoms with E-state index in [4.69, 9.17) is 23.7 Å². The number of carboxylic acids is 1. The highest BCUT2D eigenvalue weighted by Crippen LogP contribution is 2.27. The molecular weight excluding hydrogens is 949 g/mol. The van der Waals surface area contributed by atoms with E-state index in [1.165, 1.54) is 96.3 Å². The molecule has 1 fully saturated rings. The minimum absolute atomic E-state index is 0.0615. The maximum atomic E-state index is 13.1. The van der Waals surface area contributed by atoms with E-state index < -0.39 is 67.3 Å². The molecule has 0 aliphatic carbocycles. The molecule has 0 radical (unpaired) electrons. The number of aliphatic hydroxyl groups excluding tert-OH is 2. The lowest BCUT2D eigenvalue weighted by Crippen LogP contribution is -2.61. The van der Waals surface area contributed by atoms with E-state index >= 15 is 0 Å². The SMILES string of the molecule is CCC/C=C\C/C=C\CCCCCCCC(=O)OC(COC(=O)CCCCCCC/C=C\C/C=C\CCCCC)COC1OC(C(=O)O)C(O)C(O)C1OC(=O)CCCCCCCCCCCCCCCCCCC. The molecule has 0 aromatic heterocycles. The Morgan fingerprint density at radius 1 is 0.440 bits per heavy atom. The van der Waals surface area contributed by atoms with E-state index in [0.717, 1.165) is 122 Å². The highest BCUT2D eigenvalue weighted by atomic mass is 16.7. The summed E-state index contributed by atoms with van der Waals surface area (Å²) in [6, 6.07) is 0. The molecule has 1 rings (SSSR count). The standard InChI is InChI=1S/C63H110O12/c1-4-7-10-13-16-19-22-25-27-28-30-33-36-39-42-45-48-51-57(66)74-61-59(68)58(67)60(62(69)70)75-63(61)72-53-54(73-56(65)50-47-44-41-38-35-31-24-21-18-15-12-9-6-3)52-71-55(64)49-46-43-40-37-34-32-29-26-23-20-17-14-11-8-5-2/h12,15,17,20-21,24,26,29,54,58-61,63,67-68H,4-11,13-14,16,18-19,22-23,25,27-28,30-53H2,1-3H3,(H,69,70)/b15-12-,20-17-,24-21-,29-26-. The van der Waals surface area contributed by atoms with Crippen LogP contribution in [0.25, 0.3) is 0 Å². The Morgan fingerprint density at radius 2 is 0.827 bits per heavy atom. The molecule has 0 bridgehead atoms. The smallest absolute Gasteiger partial charge is 0.335 e. The van der Waals surface area contributed by atoms with Gasteiger partial charge in [-0.2, -0.15) is 0 Å². The fraction of sp³-hybridized carbons (Fsp3) is 0.810. The van der Waals surface area contributed by atoms with Crippen molar-refractivity contribution in [1.82, 2.24) is 0 Å². The first-order valence-electron chi connectivity index (χ1n) is 30.6. The quantitative estimate of drug-likeness (QED) is 0.0228. The van der Waals surface area contributed by atoms with Crippen molar-refractivity contribution in [3.63, 3.8) is 0 Å². The van der Waals surface area contributed by atoms with Gasteiger partial charge in [-0.3, -0.25) is 14.4 Å². The van der Waals surface area contributed by atoms with Crippen molar-refractivity contribution in [1.29, 1.82) is 0 Å². The van der Waals surface area contributed by atoms with Gasteiger partial charge >= 0.3 is 23.9 Å². The molecule has 6 unspecified atom stereocenters. The lowest BCUT2D eigenvalue weighted by molar-refractivity contribution is -0.301. The van der Waals surface area contributed by atoms with Gasteiger partial charge in [0, 0.05) is 19.3 Å². The molecule has 434 valence electrons. The molecule has 6 atom stereocenters. The summed E-state index contributed by atoms with van der Waals surface area (Å²) in [7, 11) is 0. The third-order valence-electron chi connectivity index (χ3n) is 13.9. The number of aliphatic hydroxyl groups is 2. The van der Waals surface area contributed by atoms with E-state index in [0.29, 0.717) is 19.3 Å². The Bertz CT molecular complexity index is 1490. The first kappa shape index (κ1) is 69.7. The molecule has 0 spiro atoms. The molecule has 12 nitrogen and oxygen atoms in total. The summed E-state index contributed by atoms with van der Waals surface area (Å²) in [4.78, 5) is 51.1. The summed E-state index contributed by atoms with van der Waals surface area (Å²) in [5.41, 5.74) is 0. The molecule has 0 aromatic carbocycles. The molecule has 1 saturated heterocycles. The lowest BCUT2D eigenvalue weighted by atomic mass is 9.98. The third kappa shape index (κ3) is 41.5. The number of aliphatic carboxylic acids is 1. The third-order valence-corrected chi connectivity index (χ3v) is 13.9. The van der Waals surface area contributed by atoms with Crippen LogP contribution in [-0.2, 0) is 42.9 Å². The van der Waals surface area contributed by atoms with Crippen LogP contribution in [0.15, 0.2) is 48.6 Å². The number of ether oxygens (including phenoxy) is 5. The highest BCUT2D eigenvalue weighted by molar-refractivity contribution is 5.74. The van der Waals surface area contributed by atoms with Crippen LogP contribution in [0.1, 0.15) is 278 Å². The summed E-state index contributed by atoms with van der Waals surface area (Å²) in [5, 5.41) is 31.5. The number of esters is 3. The molecule has 1 heterocycles. The molecule has 12 heteroatoms. The van der Waals surface area contributed by atoms with Gasteiger partial charge in [-0.05, 0) is 77.0 Å². The average molecular weight is 1060 g/mol. The Hall–Kier alpha value is -3.32. The van der Waals surface area contributed by atoms with Gasteiger partial charge in [0.05, 0.1) is 6.61 Å². The Kier molecular flexibility index (Phi) is 47.8. The van der Waals surface area contributed by atoms with Crippen LogP contribution >= 0.6 is 0 Å². The first-order chi connectivity index (χ1) is 36.6. The fourth-order valence-electron chi connectivity index (χ4n) is 9.14. The molecule has 1 aliphatic rings. The molecule has 0 aromatic rings.